The van der Waals surface area contributed by atoms with E-state index in [0.29, 0.717) is 6.61 Å². The van der Waals surface area contributed by atoms with E-state index < -0.39 is 0 Å². The monoisotopic (exact) mass is 466 g/mol. The van der Waals surface area contributed by atoms with E-state index >= 15 is 0 Å². The highest BCUT2D eigenvalue weighted by Crippen LogP contribution is 2.38. The molecule has 0 radical (unpaired) electrons. The summed E-state index contributed by atoms with van der Waals surface area (Å²) in [5, 5.41) is 5.13. The molecular formula is C25H42N2O2S2. The molecule has 176 valence electrons. The van der Waals surface area contributed by atoms with Gasteiger partial charge in [0, 0.05) is 18.0 Å². The Kier molecular flexibility index (Phi) is 12.5. The molecule has 1 aromatic rings. The lowest BCUT2D eigenvalue weighted by Crippen LogP contribution is -2.36. The third-order valence-electron chi connectivity index (χ3n) is 5.97. The second-order valence-corrected chi connectivity index (χ2v) is 10.0. The average Bonchev–Trinajstić information content (AvgIpc) is 2.93. The minimum atomic E-state index is -0.204. The summed E-state index contributed by atoms with van der Waals surface area (Å²) in [6.45, 7) is 8.72. The lowest BCUT2D eigenvalue weighted by Gasteiger charge is -2.26. The first-order chi connectivity index (χ1) is 15.1. The highest BCUT2D eigenvalue weighted by atomic mass is 32.1. The van der Waals surface area contributed by atoms with Crippen molar-refractivity contribution >= 4 is 39.6 Å². The maximum atomic E-state index is 12.8. The number of carbonyl (C=O) groups excluding carboxylic acids is 1. The third kappa shape index (κ3) is 8.38. The molecule has 1 aliphatic carbocycles. The molecule has 4 nitrogen and oxygen atoms in total. The number of unbranched alkanes of at least 4 members (excludes halogenated alkanes) is 6. The lowest BCUT2D eigenvalue weighted by atomic mass is 10.1. The normalized spacial score (nSPS) is 13.4. The van der Waals surface area contributed by atoms with Crippen LogP contribution in [0.5, 0.6) is 0 Å². The van der Waals surface area contributed by atoms with E-state index in [9.17, 15) is 4.79 Å². The van der Waals surface area contributed by atoms with Gasteiger partial charge in [-0.05, 0) is 63.2 Å². The van der Waals surface area contributed by atoms with Crippen LogP contribution in [0.1, 0.15) is 112 Å². The molecule has 0 aliphatic heterocycles. The minimum absolute atomic E-state index is 0.204. The van der Waals surface area contributed by atoms with Gasteiger partial charge in [0.15, 0.2) is 5.11 Å². The van der Waals surface area contributed by atoms with Gasteiger partial charge in [0.1, 0.15) is 5.00 Å². The first-order valence-corrected chi connectivity index (χ1v) is 13.7. The van der Waals surface area contributed by atoms with E-state index in [-0.39, 0.29) is 5.97 Å². The summed E-state index contributed by atoms with van der Waals surface area (Å²) in [5.41, 5.74) is 1.94. The summed E-state index contributed by atoms with van der Waals surface area (Å²) in [4.78, 5) is 16.5. The first kappa shape index (κ1) is 26.1. The number of aryl methyl sites for hydroxylation is 1. The van der Waals surface area contributed by atoms with Crippen LogP contribution in [0.15, 0.2) is 0 Å². The summed E-state index contributed by atoms with van der Waals surface area (Å²) in [6.07, 6.45) is 15.4. The minimum Gasteiger partial charge on any atom is -0.462 e. The maximum absolute atomic E-state index is 12.8. The first-order valence-electron chi connectivity index (χ1n) is 12.5. The zero-order valence-electron chi connectivity index (χ0n) is 19.9. The molecule has 0 saturated heterocycles. The number of fused-ring (bicyclic) bond motifs is 1. The van der Waals surface area contributed by atoms with Crippen molar-refractivity contribution in [2.24, 2.45) is 0 Å². The van der Waals surface area contributed by atoms with Crippen molar-refractivity contribution < 1.29 is 9.53 Å². The summed E-state index contributed by atoms with van der Waals surface area (Å²) in [6, 6.07) is 0. The van der Waals surface area contributed by atoms with Crippen molar-refractivity contribution in [3.05, 3.63) is 16.0 Å². The number of hydrogen-bond donors (Lipinski definition) is 1. The molecule has 1 N–H and O–H groups in total. The van der Waals surface area contributed by atoms with Gasteiger partial charge < -0.3 is 15.0 Å². The Morgan fingerprint density at radius 2 is 1.61 bits per heavy atom. The molecule has 1 aromatic heterocycles. The van der Waals surface area contributed by atoms with Gasteiger partial charge in [0.25, 0.3) is 0 Å². The van der Waals surface area contributed by atoms with Gasteiger partial charge >= 0.3 is 5.97 Å². The number of esters is 1. The van der Waals surface area contributed by atoms with Crippen molar-refractivity contribution in [1.29, 1.82) is 0 Å². The van der Waals surface area contributed by atoms with E-state index in [1.807, 2.05) is 6.92 Å². The molecule has 0 spiro atoms. The molecule has 0 amide bonds. The zero-order valence-corrected chi connectivity index (χ0v) is 21.5. The average molecular weight is 467 g/mol. The Morgan fingerprint density at radius 1 is 0.968 bits per heavy atom. The molecule has 0 bridgehead atoms. The zero-order chi connectivity index (χ0) is 22.5. The summed E-state index contributed by atoms with van der Waals surface area (Å²) >= 11 is 7.57. The van der Waals surface area contributed by atoms with Crippen LogP contribution < -0.4 is 5.32 Å². The van der Waals surface area contributed by atoms with Gasteiger partial charge in [0.2, 0.25) is 0 Å². The number of anilines is 1. The van der Waals surface area contributed by atoms with E-state index in [0.717, 1.165) is 60.9 Å². The quantitative estimate of drug-likeness (QED) is 0.142. The number of carbonyl (C=O) groups is 1. The van der Waals surface area contributed by atoms with E-state index in [1.165, 1.54) is 61.8 Å². The van der Waals surface area contributed by atoms with Crippen LogP contribution in [0.25, 0.3) is 0 Å². The molecule has 6 heteroatoms. The number of thiophene rings is 1. The van der Waals surface area contributed by atoms with Crippen LogP contribution in [-0.4, -0.2) is 35.7 Å². The van der Waals surface area contributed by atoms with Crippen LogP contribution in [0.3, 0.4) is 0 Å². The van der Waals surface area contributed by atoms with Gasteiger partial charge in [-0.1, -0.05) is 58.8 Å². The summed E-state index contributed by atoms with van der Waals surface area (Å²) in [5.74, 6) is -0.204. The topological polar surface area (TPSA) is 41.6 Å². The molecule has 2 rings (SSSR count). The lowest BCUT2D eigenvalue weighted by molar-refractivity contribution is 0.0527. The molecule has 1 aliphatic rings. The largest absolute Gasteiger partial charge is 0.462 e. The molecule has 31 heavy (non-hydrogen) atoms. The Morgan fingerprint density at radius 3 is 2.23 bits per heavy atom. The number of rotatable bonds is 13. The Labute approximate surface area is 199 Å². The Bertz CT molecular complexity index is 675. The van der Waals surface area contributed by atoms with Crippen LogP contribution >= 0.6 is 23.6 Å². The number of hydrogen-bond acceptors (Lipinski definition) is 4. The fourth-order valence-electron chi connectivity index (χ4n) is 4.20. The van der Waals surface area contributed by atoms with Gasteiger partial charge in [0.05, 0.1) is 12.2 Å². The summed E-state index contributed by atoms with van der Waals surface area (Å²) in [7, 11) is 0. The molecule has 0 saturated carbocycles. The van der Waals surface area contributed by atoms with Crippen molar-refractivity contribution in [2.45, 2.75) is 104 Å². The second kappa shape index (κ2) is 14.8. The van der Waals surface area contributed by atoms with E-state index in [2.05, 4.69) is 24.1 Å². The highest BCUT2D eigenvalue weighted by Gasteiger charge is 2.26. The molecule has 1 heterocycles. The SMILES string of the molecule is CCCCCCN(CCCCCC)C(=S)Nc1sc2c(c1C(=O)OCC)CCCCC2. The number of ether oxygens (including phenoxy) is 1. The fourth-order valence-corrected chi connectivity index (χ4v) is 5.83. The molecule has 0 atom stereocenters. The van der Waals surface area contributed by atoms with Gasteiger partial charge in [-0.3, -0.25) is 0 Å². The molecule has 0 fully saturated rings. The number of nitrogens with one attached hydrogen (secondary N) is 1. The van der Waals surface area contributed by atoms with Crippen molar-refractivity contribution in [2.75, 3.05) is 25.0 Å². The highest BCUT2D eigenvalue weighted by molar-refractivity contribution is 7.80. The maximum Gasteiger partial charge on any atom is 0.341 e. The second-order valence-electron chi connectivity index (χ2n) is 8.53. The van der Waals surface area contributed by atoms with Gasteiger partial charge in [-0.25, -0.2) is 4.79 Å². The van der Waals surface area contributed by atoms with Gasteiger partial charge in [-0.2, -0.15) is 0 Å². The number of thiocarbonyl (C=S) groups is 1. The molecular weight excluding hydrogens is 424 g/mol. The van der Waals surface area contributed by atoms with Crippen LogP contribution in [0, 0.1) is 0 Å². The Balaban J connectivity index is 2.15. The standard InChI is InChI=1S/C25H42N2O2S2/c1-4-7-9-14-18-27(19-15-10-8-5-2)25(30)26-23-22(24(28)29-6-3)20-16-12-11-13-17-21(20)31-23/h4-19H2,1-3H3,(H,26,30). The molecule has 0 unspecified atom stereocenters. The van der Waals surface area contributed by atoms with Crippen LogP contribution in [-0.2, 0) is 17.6 Å². The van der Waals surface area contributed by atoms with Crippen molar-refractivity contribution in [3.63, 3.8) is 0 Å². The third-order valence-corrected chi connectivity index (χ3v) is 7.54. The van der Waals surface area contributed by atoms with Crippen LogP contribution in [0.2, 0.25) is 0 Å². The Hall–Kier alpha value is -1.14. The van der Waals surface area contributed by atoms with Crippen molar-refractivity contribution in [3.8, 4) is 0 Å². The van der Waals surface area contributed by atoms with E-state index in [4.69, 9.17) is 17.0 Å². The molecule has 0 aromatic carbocycles. The predicted molar refractivity (Wildman–Crippen MR) is 138 cm³/mol. The summed E-state index contributed by atoms with van der Waals surface area (Å²) < 4.78 is 5.43. The smallest absolute Gasteiger partial charge is 0.341 e. The predicted octanol–water partition coefficient (Wildman–Crippen LogP) is 7.35. The van der Waals surface area contributed by atoms with Crippen LogP contribution in [0.4, 0.5) is 5.00 Å². The number of nitrogens with zero attached hydrogens (tertiary/aromatic N) is 1. The fraction of sp³-hybridized carbons (Fsp3) is 0.760. The van der Waals surface area contributed by atoms with E-state index in [1.54, 1.807) is 11.3 Å². The van der Waals surface area contributed by atoms with Gasteiger partial charge in [-0.15, -0.1) is 11.3 Å². The van der Waals surface area contributed by atoms with Crippen molar-refractivity contribution in [1.82, 2.24) is 4.90 Å².